The van der Waals surface area contributed by atoms with Crippen molar-refractivity contribution in [1.29, 1.82) is 0 Å². The fourth-order valence-corrected chi connectivity index (χ4v) is 4.00. The Hall–Kier alpha value is -1.57. The zero-order valence-corrected chi connectivity index (χ0v) is 18.5. The van der Waals surface area contributed by atoms with Crippen LogP contribution >= 0.6 is 0 Å². The van der Waals surface area contributed by atoms with Crippen molar-refractivity contribution in [2.24, 2.45) is 0 Å². The van der Waals surface area contributed by atoms with E-state index in [1.807, 2.05) is 0 Å². The molecule has 0 fully saturated rings. The van der Waals surface area contributed by atoms with Crippen LogP contribution in [0.3, 0.4) is 0 Å². The molecule has 156 valence electrons. The van der Waals surface area contributed by atoms with Crippen LogP contribution in [0.15, 0.2) is 36.5 Å². The minimum Gasteiger partial charge on any atom is -0.335 e. The van der Waals surface area contributed by atoms with Gasteiger partial charge in [0.05, 0.1) is 5.69 Å². The van der Waals surface area contributed by atoms with Gasteiger partial charge in [-0.15, -0.1) is 0 Å². The molecule has 0 atom stereocenters. The third-order valence-corrected chi connectivity index (χ3v) is 5.72. The van der Waals surface area contributed by atoms with Gasteiger partial charge in [-0.05, 0) is 31.2 Å². The van der Waals surface area contributed by atoms with Crippen molar-refractivity contribution in [3.63, 3.8) is 0 Å². The number of unbranched alkanes of at least 4 members (excludes halogenated alkanes) is 9. The predicted octanol–water partition coefficient (Wildman–Crippen LogP) is 7.54. The molecule has 0 N–H and O–H groups in total. The van der Waals surface area contributed by atoms with Crippen molar-refractivity contribution in [3.8, 4) is 0 Å². The van der Waals surface area contributed by atoms with E-state index >= 15 is 0 Å². The van der Waals surface area contributed by atoms with Crippen LogP contribution in [0, 0.1) is 0 Å². The van der Waals surface area contributed by atoms with Gasteiger partial charge >= 0.3 is 0 Å². The molecule has 2 heteroatoms. The van der Waals surface area contributed by atoms with Crippen LogP contribution in [-0.4, -0.2) is 9.55 Å². The minimum absolute atomic E-state index is 1.04. The number of hydrogen-bond donors (Lipinski definition) is 0. The highest BCUT2D eigenvalue weighted by atomic mass is 15.1. The van der Waals surface area contributed by atoms with Gasteiger partial charge in [-0.2, -0.15) is 0 Å². The molecule has 28 heavy (non-hydrogen) atoms. The molecule has 2 rings (SSSR count). The maximum absolute atomic E-state index is 4.89. The Morgan fingerprint density at radius 2 is 1.36 bits per heavy atom. The second-order valence-electron chi connectivity index (χ2n) is 8.22. The van der Waals surface area contributed by atoms with Gasteiger partial charge in [0.1, 0.15) is 5.82 Å². The first-order valence-electron chi connectivity index (χ1n) is 11.9. The fraction of sp³-hybridized carbons (Fsp3) is 0.654. The molecule has 1 aromatic heterocycles. The third-order valence-electron chi connectivity index (χ3n) is 5.72. The first kappa shape index (κ1) is 22.7. The van der Waals surface area contributed by atoms with E-state index < -0.39 is 0 Å². The van der Waals surface area contributed by atoms with Crippen molar-refractivity contribution in [2.45, 2.75) is 110 Å². The van der Waals surface area contributed by atoms with E-state index in [4.69, 9.17) is 4.98 Å². The molecule has 0 unspecified atom stereocenters. The number of benzene rings is 1. The van der Waals surface area contributed by atoms with Gasteiger partial charge in [0, 0.05) is 19.2 Å². The number of imidazole rings is 1. The summed E-state index contributed by atoms with van der Waals surface area (Å²) < 4.78 is 2.42. The van der Waals surface area contributed by atoms with Crippen LogP contribution in [0.4, 0.5) is 0 Å². The summed E-state index contributed by atoms with van der Waals surface area (Å²) >= 11 is 0. The summed E-state index contributed by atoms with van der Waals surface area (Å²) in [7, 11) is 0. The molecule has 2 nitrogen and oxygen atoms in total. The zero-order valence-electron chi connectivity index (χ0n) is 18.5. The summed E-state index contributed by atoms with van der Waals surface area (Å²) in [6.45, 7) is 5.66. The van der Waals surface area contributed by atoms with E-state index in [2.05, 4.69) is 54.9 Å². The maximum Gasteiger partial charge on any atom is 0.108 e. The molecular formula is C26H42N2. The highest BCUT2D eigenvalue weighted by Crippen LogP contribution is 2.13. The molecule has 0 aliphatic carbocycles. The van der Waals surface area contributed by atoms with Gasteiger partial charge in [0.2, 0.25) is 0 Å². The standard InChI is InChI=1S/C26H42N2/c1-3-5-6-7-8-9-10-11-12-16-22-28-23-25(27-26(28)4-2)21-17-20-24-18-14-13-15-19-24/h13-15,18-19,23H,3-12,16-17,20-22H2,1-2H3. The van der Waals surface area contributed by atoms with E-state index in [1.165, 1.54) is 87.7 Å². The summed E-state index contributed by atoms with van der Waals surface area (Å²) in [4.78, 5) is 4.89. The number of nitrogens with zero attached hydrogens (tertiary/aromatic N) is 2. The lowest BCUT2D eigenvalue weighted by molar-refractivity contribution is 0.529. The van der Waals surface area contributed by atoms with Crippen molar-refractivity contribution >= 4 is 0 Å². The third kappa shape index (κ3) is 9.08. The Bertz CT molecular complexity index is 615. The molecule has 0 amide bonds. The molecule has 0 aliphatic heterocycles. The quantitative estimate of drug-likeness (QED) is 0.274. The summed E-state index contributed by atoms with van der Waals surface area (Å²) in [6, 6.07) is 10.8. The Morgan fingerprint density at radius 3 is 2.00 bits per heavy atom. The molecule has 2 aromatic rings. The second-order valence-corrected chi connectivity index (χ2v) is 8.22. The average molecular weight is 383 g/mol. The minimum atomic E-state index is 1.04. The van der Waals surface area contributed by atoms with Gasteiger partial charge in [-0.25, -0.2) is 4.98 Å². The van der Waals surface area contributed by atoms with Gasteiger partial charge in [-0.1, -0.05) is 102 Å². The molecule has 1 aromatic carbocycles. The van der Waals surface area contributed by atoms with E-state index in [0.717, 1.165) is 25.8 Å². The lowest BCUT2D eigenvalue weighted by Crippen LogP contribution is -2.01. The van der Waals surface area contributed by atoms with E-state index in [1.54, 1.807) is 0 Å². The van der Waals surface area contributed by atoms with Gasteiger partial charge in [-0.3, -0.25) is 0 Å². The average Bonchev–Trinajstić information content (AvgIpc) is 3.12. The van der Waals surface area contributed by atoms with Crippen LogP contribution < -0.4 is 0 Å². The first-order chi connectivity index (χ1) is 13.8. The van der Waals surface area contributed by atoms with Crippen molar-refractivity contribution in [2.75, 3.05) is 0 Å². The predicted molar refractivity (Wildman–Crippen MR) is 122 cm³/mol. The van der Waals surface area contributed by atoms with Gasteiger partial charge in [0.15, 0.2) is 0 Å². The summed E-state index contributed by atoms with van der Waals surface area (Å²) in [5.74, 6) is 1.27. The Kier molecular flexibility index (Phi) is 11.7. The maximum atomic E-state index is 4.89. The van der Waals surface area contributed by atoms with Crippen LogP contribution in [-0.2, 0) is 25.8 Å². The molecule has 0 aliphatic rings. The first-order valence-corrected chi connectivity index (χ1v) is 11.9. The van der Waals surface area contributed by atoms with E-state index in [-0.39, 0.29) is 0 Å². The molecular weight excluding hydrogens is 340 g/mol. The lowest BCUT2D eigenvalue weighted by Gasteiger charge is -2.06. The van der Waals surface area contributed by atoms with Crippen LogP contribution in [0.5, 0.6) is 0 Å². The van der Waals surface area contributed by atoms with Crippen LogP contribution in [0.1, 0.15) is 102 Å². The molecule has 0 radical (unpaired) electrons. The number of rotatable bonds is 16. The van der Waals surface area contributed by atoms with Crippen molar-refractivity contribution in [1.82, 2.24) is 9.55 Å². The normalized spacial score (nSPS) is 11.2. The second kappa shape index (κ2) is 14.4. The zero-order chi connectivity index (χ0) is 19.9. The Balaban J connectivity index is 1.59. The van der Waals surface area contributed by atoms with Crippen LogP contribution in [0.2, 0.25) is 0 Å². The van der Waals surface area contributed by atoms with Gasteiger partial charge < -0.3 is 4.57 Å². The molecule has 1 heterocycles. The molecule has 0 saturated heterocycles. The largest absolute Gasteiger partial charge is 0.335 e. The number of aryl methyl sites for hydroxylation is 4. The highest BCUT2D eigenvalue weighted by Gasteiger charge is 2.06. The monoisotopic (exact) mass is 382 g/mol. The molecule has 0 bridgehead atoms. The highest BCUT2D eigenvalue weighted by molar-refractivity contribution is 5.15. The van der Waals surface area contributed by atoms with E-state index in [9.17, 15) is 0 Å². The smallest absolute Gasteiger partial charge is 0.108 e. The van der Waals surface area contributed by atoms with Gasteiger partial charge in [0.25, 0.3) is 0 Å². The Labute approximate surface area is 173 Å². The summed E-state index contributed by atoms with van der Waals surface area (Å²) in [5.41, 5.74) is 2.71. The SMILES string of the molecule is CCCCCCCCCCCCn1cc(CCCc2ccccc2)nc1CC. The van der Waals surface area contributed by atoms with Crippen molar-refractivity contribution < 1.29 is 0 Å². The fourth-order valence-electron chi connectivity index (χ4n) is 4.00. The number of aromatic nitrogens is 2. The summed E-state index contributed by atoms with van der Waals surface area (Å²) in [6.07, 6.45) is 20.8. The topological polar surface area (TPSA) is 17.8 Å². The van der Waals surface area contributed by atoms with Crippen molar-refractivity contribution in [3.05, 3.63) is 53.6 Å². The molecule has 0 saturated carbocycles. The van der Waals surface area contributed by atoms with Crippen LogP contribution in [0.25, 0.3) is 0 Å². The molecule has 0 spiro atoms. The summed E-state index contributed by atoms with van der Waals surface area (Å²) in [5, 5.41) is 0. The lowest BCUT2D eigenvalue weighted by atomic mass is 10.1. The number of hydrogen-bond acceptors (Lipinski definition) is 1. The van der Waals surface area contributed by atoms with E-state index in [0.29, 0.717) is 0 Å². The Morgan fingerprint density at radius 1 is 0.714 bits per heavy atom.